The molecule has 0 aliphatic carbocycles. The molecule has 0 atom stereocenters. The van der Waals surface area contributed by atoms with Gasteiger partial charge in [-0.25, -0.2) is 0 Å². The average molecular weight is 326 g/mol. The first-order valence-electron chi connectivity index (χ1n) is 5.51. The Hall–Kier alpha value is -0.840. The maximum absolute atomic E-state index is 4.67. The van der Waals surface area contributed by atoms with Crippen LogP contribution in [0, 0.1) is 3.57 Å². The first kappa shape index (κ1) is 11.6. The summed E-state index contributed by atoms with van der Waals surface area (Å²) in [4.78, 5) is 4.67. The second-order valence-corrected chi connectivity index (χ2v) is 5.07. The Bertz CT molecular complexity index is 509. The molecule has 1 aromatic heterocycles. The Morgan fingerprint density at radius 1 is 1.31 bits per heavy atom. The molecular weight excluding hydrogens is 311 g/mol. The molecule has 84 valence electrons. The van der Waals surface area contributed by atoms with Crippen LogP contribution in [0.4, 0.5) is 5.69 Å². The Balaban J connectivity index is 2.63. The van der Waals surface area contributed by atoms with E-state index in [1.54, 1.807) is 0 Å². The third kappa shape index (κ3) is 2.29. The lowest BCUT2D eigenvalue weighted by atomic mass is 10.1. The van der Waals surface area contributed by atoms with Crippen molar-refractivity contribution in [3.63, 3.8) is 0 Å². The van der Waals surface area contributed by atoms with E-state index in [2.05, 4.69) is 64.1 Å². The van der Waals surface area contributed by atoms with E-state index in [1.807, 2.05) is 7.05 Å². The van der Waals surface area contributed by atoms with Gasteiger partial charge in [0.05, 0.1) is 5.52 Å². The smallest absolute Gasteiger partial charge is 0.0726 e. The number of aromatic nitrogens is 1. The van der Waals surface area contributed by atoms with Crippen molar-refractivity contribution in [2.75, 3.05) is 12.4 Å². The highest BCUT2D eigenvalue weighted by atomic mass is 127. The van der Waals surface area contributed by atoms with Crippen LogP contribution >= 0.6 is 22.6 Å². The summed E-state index contributed by atoms with van der Waals surface area (Å²) in [7, 11) is 1.96. The van der Waals surface area contributed by atoms with E-state index in [1.165, 1.54) is 20.3 Å². The SMILES string of the molecule is CCCc1cc(NC)c2cc(I)ccc2n1. The third-order valence-corrected chi connectivity index (χ3v) is 3.27. The Morgan fingerprint density at radius 3 is 2.81 bits per heavy atom. The molecule has 0 amide bonds. The third-order valence-electron chi connectivity index (χ3n) is 2.60. The molecule has 1 heterocycles. The number of nitrogens with one attached hydrogen (secondary N) is 1. The molecule has 1 N–H and O–H groups in total. The van der Waals surface area contributed by atoms with Crippen molar-refractivity contribution < 1.29 is 0 Å². The maximum atomic E-state index is 4.67. The van der Waals surface area contributed by atoms with Gasteiger partial charge in [0.25, 0.3) is 0 Å². The molecule has 16 heavy (non-hydrogen) atoms. The van der Waals surface area contributed by atoms with E-state index in [9.17, 15) is 0 Å². The molecule has 0 fully saturated rings. The van der Waals surface area contributed by atoms with Gasteiger partial charge in [-0.3, -0.25) is 4.98 Å². The summed E-state index contributed by atoms with van der Waals surface area (Å²) >= 11 is 2.33. The summed E-state index contributed by atoms with van der Waals surface area (Å²) < 4.78 is 1.24. The summed E-state index contributed by atoms with van der Waals surface area (Å²) in [6, 6.07) is 8.52. The summed E-state index contributed by atoms with van der Waals surface area (Å²) in [5, 5.41) is 4.46. The van der Waals surface area contributed by atoms with E-state index >= 15 is 0 Å². The Labute approximate surface area is 110 Å². The van der Waals surface area contributed by atoms with Gasteiger partial charge in [-0.15, -0.1) is 0 Å². The van der Waals surface area contributed by atoms with Gasteiger partial charge in [0.15, 0.2) is 0 Å². The highest BCUT2D eigenvalue weighted by molar-refractivity contribution is 14.1. The lowest BCUT2D eigenvalue weighted by Gasteiger charge is -2.09. The van der Waals surface area contributed by atoms with Crippen LogP contribution in [-0.2, 0) is 6.42 Å². The number of nitrogens with zero attached hydrogens (tertiary/aromatic N) is 1. The molecule has 0 saturated carbocycles. The number of hydrogen-bond acceptors (Lipinski definition) is 2. The first-order valence-corrected chi connectivity index (χ1v) is 6.59. The van der Waals surface area contributed by atoms with E-state index in [4.69, 9.17) is 0 Å². The summed E-state index contributed by atoms with van der Waals surface area (Å²) in [6.45, 7) is 2.18. The van der Waals surface area contributed by atoms with Gasteiger partial charge in [0.1, 0.15) is 0 Å². The summed E-state index contributed by atoms with van der Waals surface area (Å²) in [6.07, 6.45) is 2.17. The first-order chi connectivity index (χ1) is 7.74. The van der Waals surface area contributed by atoms with Crippen LogP contribution in [0.5, 0.6) is 0 Å². The normalized spacial score (nSPS) is 10.7. The van der Waals surface area contributed by atoms with Gasteiger partial charge < -0.3 is 5.32 Å². The van der Waals surface area contributed by atoms with Crippen molar-refractivity contribution in [1.82, 2.24) is 4.98 Å². The quantitative estimate of drug-likeness (QED) is 0.867. The van der Waals surface area contributed by atoms with Crippen molar-refractivity contribution >= 4 is 39.2 Å². The van der Waals surface area contributed by atoms with Crippen LogP contribution in [-0.4, -0.2) is 12.0 Å². The van der Waals surface area contributed by atoms with Crippen LogP contribution < -0.4 is 5.32 Å². The van der Waals surface area contributed by atoms with Gasteiger partial charge in [0, 0.05) is 27.4 Å². The molecule has 0 unspecified atom stereocenters. The minimum Gasteiger partial charge on any atom is -0.388 e. The van der Waals surface area contributed by atoms with Crippen LogP contribution in [0.2, 0.25) is 0 Å². The van der Waals surface area contributed by atoms with E-state index < -0.39 is 0 Å². The lowest BCUT2D eigenvalue weighted by molar-refractivity contribution is 0.890. The molecule has 2 nitrogen and oxygen atoms in total. The number of hydrogen-bond donors (Lipinski definition) is 1. The molecule has 2 aromatic rings. The zero-order valence-electron chi connectivity index (χ0n) is 9.55. The van der Waals surface area contributed by atoms with Gasteiger partial charge in [-0.1, -0.05) is 13.3 Å². The fourth-order valence-corrected chi connectivity index (χ4v) is 2.34. The van der Waals surface area contributed by atoms with Crippen LogP contribution in [0.1, 0.15) is 19.0 Å². The van der Waals surface area contributed by atoms with Crippen molar-refractivity contribution in [1.29, 1.82) is 0 Å². The average Bonchev–Trinajstić information content (AvgIpc) is 2.29. The van der Waals surface area contributed by atoms with Crippen molar-refractivity contribution in [2.45, 2.75) is 19.8 Å². The minimum absolute atomic E-state index is 1.04. The standard InChI is InChI=1S/C13H15IN2/c1-3-4-10-8-13(15-2)11-7-9(14)5-6-12(11)16-10/h5-8H,3-4H2,1-2H3,(H,15,16). The number of benzene rings is 1. The molecule has 2 rings (SSSR count). The van der Waals surface area contributed by atoms with Gasteiger partial charge >= 0.3 is 0 Å². The van der Waals surface area contributed by atoms with E-state index in [0.717, 1.165) is 18.4 Å². The number of pyridine rings is 1. The molecule has 0 bridgehead atoms. The summed E-state index contributed by atoms with van der Waals surface area (Å²) in [5.41, 5.74) is 3.42. The van der Waals surface area contributed by atoms with Gasteiger partial charge in [0.2, 0.25) is 0 Å². The molecule has 0 spiro atoms. The fraction of sp³-hybridized carbons (Fsp3) is 0.308. The zero-order chi connectivity index (χ0) is 11.5. The maximum Gasteiger partial charge on any atom is 0.0726 e. The summed E-state index contributed by atoms with van der Waals surface area (Å²) in [5.74, 6) is 0. The number of halogens is 1. The monoisotopic (exact) mass is 326 g/mol. The molecule has 0 aliphatic rings. The van der Waals surface area contributed by atoms with Crippen LogP contribution in [0.3, 0.4) is 0 Å². The second kappa shape index (κ2) is 4.99. The highest BCUT2D eigenvalue weighted by Crippen LogP contribution is 2.25. The molecule has 3 heteroatoms. The van der Waals surface area contributed by atoms with Crippen LogP contribution in [0.15, 0.2) is 24.3 Å². The predicted molar refractivity (Wildman–Crippen MR) is 78.0 cm³/mol. The van der Waals surface area contributed by atoms with E-state index in [0.29, 0.717) is 0 Å². The number of anilines is 1. The predicted octanol–water partition coefficient (Wildman–Crippen LogP) is 3.83. The Morgan fingerprint density at radius 2 is 2.12 bits per heavy atom. The molecule has 1 aromatic carbocycles. The molecular formula is C13H15IN2. The number of fused-ring (bicyclic) bond motifs is 1. The minimum atomic E-state index is 1.04. The fourth-order valence-electron chi connectivity index (χ4n) is 1.84. The molecule has 0 aliphatic heterocycles. The van der Waals surface area contributed by atoms with Crippen LogP contribution in [0.25, 0.3) is 10.9 Å². The number of aryl methyl sites for hydroxylation is 1. The lowest BCUT2D eigenvalue weighted by Crippen LogP contribution is -1.96. The largest absolute Gasteiger partial charge is 0.388 e. The van der Waals surface area contributed by atoms with Crippen molar-refractivity contribution in [3.8, 4) is 0 Å². The zero-order valence-corrected chi connectivity index (χ0v) is 11.7. The van der Waals surface area contributed by atoms with Crippen molar-refractivity contribution in [3.05, 3.63) is 33.5 Å². The molecule has 0 radical (unpaired) electrons. The Kier molecular flexibility index (Phi) is 3.63. The van der Waals surface area contributed by atoms with Gasteiger partial charge in [-0.05, 0) is 53.3 Å². The topological polar surface area (TPSA) is 24.9 Å². The highest BCUT2D eigenvalue weighted by Gasteiger charge is 2.04. The number of rotatable bonds is 3. The van der Waals surface area contributed by atoms with Crippen molar-refractivity contribution in [2.24, 2.45) is 0 Å². The molecule has 0 saturated heterocycles. The van der Waals surface area contributed by atoms with E-state index in [-0.39, 0.29) is 0 Å². The second-order valence-electron chi connectivity index (χ2n) is 3.82. The van der Waals surface area contributed by atoms with Gasteiger partial charge in [-0.2, -0.15) is 0 Å².